The molecule has 0 spiro atoms. The molecule has 0 aromatic heterocycles. The van der Waals surface area contributed by atoms with Gasteiger partial charge >= 0.3 is 0 Å². The van der Waals surface area contributed by atoms with Crippen LogP contribution in [0, 0.1) is 0 Å². The quantitative estimate of drug-likeness (QED) is 0.790. The summed E-state index contributed by atoms with van der Waals surface area (Å²) in [6.07, 6.45) is 3.19. The standard InChI is InChI=1S/C15H23NO3S/c16-8-7-13-3-5-14(6-4-13)19-10-11-20(17)12-15-2-1-9-18-15/h3-6,15H,1-2,7-12,16H2. The first-order valence-corrected chi connectivity index (χ1v) is 8.65. The number of rotatable bonds is 8. The van der Waals surface area contributed by atoms with Crippen LogP contribution in [0.15, 0.2) is 24.3 Å². The van der Waals surface area contributed by atoms with Gasteiger partial charge in [-0.05, 0) is 43.5 Å². The van der Waals surface area contributed by atoms with Crippen molar-refractivity contribution < 1.29 is 13.7 Å². The van der Waals surface area contributed by atoms with Gasteiger partial charge in [0.1, 0.15) is 5.75 Å². The molecule has 1 heterocycles. The molecule has 0 saturated carbocycles. The normalized spacial score (nSPS) is 19.9. The first-order chi connectivity index (χ1) is 9.78. The van der Waals surface area contributed by atoms with Gasteiger partial charge in [0.2, 0.25) is 0 Å². The minimum atomic E-state index is -0.857. The van der Waals surface area contributed by atoms with E-state index in [4.69, 9.17) is 15.2 Å². The number of hydrogen-bond donors (Lipinski definition) is 1. The second-order valence-corrected chi connectivity index (χ2v) is 6.60. The Kier molecular flexibility index (Phi) is 6.50. The summed E-state index contributed by atoms with van der Waals surface area (Å²) in [5.74, 6) is 2.02. The largest absolute Gasteiger partial charge is 0.493 e. The SMILES string of the molecule is NCCc1ccc(OCCS(=O)CC2CCCO2)cc1. The van der Waals surface area contributed by atoms with Gasteiger partial charge in [-0.15, -0.1) is 0 Å². The molecule has 1 saturated heterocycles. The van der Waals surface area contributed by atoms with Crippen LogP contribution in [0.3, 0.4) is 0 Å². The summed E-state index contributed by atoms with van der Waals surface area (Å²) in [6.45, 7) is 1.95. The summed E-state index contributed by atoms with van der Waals surface area (Å²) in [5.41, 5.74) is 6.71. The van der Waals surface area contributed by atoms with Gasteiger partial charge in [-0.3, -0.25) is 4.21 Å². The van der Waals surface area contributed by atoms with E-state index in [-0.39, 0.29) is 6.10 Å². The molecule has 0 bridgehead atoms. The number of benzene rings is 1. The molecular weight excluding hydrogens is 274 g/mol. The summed E-state index contributed by atoms with van der Waals surface area (Å²) >= 11 is 0. The summed E-state index contributed by atoms with van der Waals surface area (Å²) in [6, 6.07) is 7.92. The van der Waals surface area contributed by atoms with Crippen molar-refractivity contribution in [3.8, 4) is 5.75 Å². The minimum absolute atomic E-state index is 0.186. The van der Waals surface area contributed by atoms with Crippen LogP contribution in [0.5, 0.6) is 5.75 Å². The van der Waals surface area contributed by atoms with Crippen LogP contribution in [-0.4, -0.2) is 41.6 Å². The van der Waals surface area contributed by atoms with Gasteiger partial charge in [0, 0.05) is 23.2 Å². The van der Waals surface area contributed by atoms with Crippen molar-refractivity contribution in [1.82, 2.24) is 0 Å². The second-order valence-electron chi connectivity index (χ2n) is 4.98. The monoisotopic (exact) mass is 297 g/mol. The average Bonchev–Trinajstić information content (AvgIpc) is 2.94. The van der Waals surface area contributed by atoms with Crippen LogP contribution in [-0.2, 0) is 22.0 Å². The average molecular weight is 297 g/mol. The van der Waals surface area contributed by atoms with Crippen LogP contribution in [0.25, 0.3) is 0 Å². The van der Waals surface area contributed by atoms with Crippen LogP contribution in [0.2, 0.25) is 0 Å². The molecule has 2 rings (SSSR count). The lowest BCUT2D eigenvalue weighted by Gasteiger charge is -2.10. The van der Waals surface area contributed by atoms with Gasteiger partial charge in [0.05, 0.1) is 18.5 Å². The lowest BCUT2D eigenvalue weighted by atomic mass is 10.1. The van der Waals surface area contributed by atoms with E-state index in [9.17, 15) is 4.21 Å². The Labute approximate surface area is 123 Å². The first kappa shape index (κ1) is 15.5. The van der Waals surface area contributed by atoms with E-state index in [1.807, 2.05) is 24.3 Å². The summed E-state index contributed by atoms with van der Waals surface area (Å²) in [4.78, 5) is 0. The van der Waals surface area contributed by atoms with E-state index in [0.717, 1.165) is 31.6 Å². The van der Waals surface area contributed by atoms with Gasteiger partial charge in [0.15, 0.2) is 0 Å². The van der Waals surface area contributed by atoms with Crippen LogP contribution >= 0.6 is 0 Å². The Morgan fingerprint density at radius 2 is 2.15 bits per heavy atom. The number of nitrogens with two attached hydrogens (primary N) is 1. The molecule has 1 aromatic rings. The molecule has 2 N–H and O–H groups in total. The van der Waals surface area contributed by atoms with Gasteiger partial charge in [-0.25, -0.2) is 0 Å². The fraction of sp³-hybridized carbons (Fsp3) is 0.600. The van der Waals surface area contributed by atoms with Crippen molar-refractivity contribution in [2.75, 3.05) is 31.3 Å². The Hall–Kier alpha value is -0.910. The van der Waals surface area contributed by atoms with Crippen molar-refractivity contribution in [3.63, 3.8) is 0 Å². The van der Waals surface area contributed by atoms with Gasteiger partial charge in [-0.1, -0.05) is 12.1 Å². The topological polar surface area (TPSA) is 61.5 Å². The molecule has 5 heteroatoms. The maximum Gasteiger partial charge on any atom is 0.119 e. The Balaban J connectivity index is 1.65. The maximum absolute atomic E-state index is 11.9. The number of hydrogen-bond acceptors (Lipinski definition) is 4. The molecule has 20 heavy (non-hydrogen) atoms. The van der Waals surface area contributed by atoms with Crippen molar-refractivity contribution in [1.29, 1.82) is 0 Å². The molecule has 4 nitrogen and oxygen atoms in total. The summed E-state index contributed by atoms with van der Waals surface area (Å²) < 4.78 is 23.0. The molecule has 0 radical (unpaired) electrons. The smallest absolute Gasteiger partial charge is 0.119 e. The molecule has 0 aliphatic carbocycles. The van der Waals surface area contributed by atoms with Crippen LogP contribution in [0.1, 0.15) is 18.4 Å². The van der Waals surface area contributed by atoms with Crippen molar-refractivity contribution in [3.05, 3.63) is 29.8 Å². The lowest BCUT2D eigenvalue weighted by Crippen LogP contribution is -2.20. The predicted octanol–water partition coefficient (Wildman–Crippen LogP) is 1.49. The van der Waals surface area contributed by atoms with Gasteiger partial charge < -0.3 is 15.2 Å². The van der Waals surface area contributed by atoms with Crippen LogP contribution < -0.4 is 10.5 Å². The highest BCUT2D eigenvalue weighted by Gasteiger charge is 2.18. The van der Waals surface area contributed by atoms with E-state index >= 15 is 0 Å². The molecule has 1 fully saturated rings. The third kappa shape index (κ3) is 5.23. The summed E-state index contributed by atoms with van der Waals surface area (Å²) in [5, 5.41) is 0. The summed E-state index contributed by atoms with van der Waals surface area (Å²) in [7, 11) is -0.857. The van der Waals surface area contributed by atoms with E-state index in [0.29, 0.717) is 24.7 Å². The zero-order chi connectivity index (χ0) is 14.2. The molecule has 1 aliphatic rings. The maximum atomic E-state index is 11.9. The Bertz CT molecular complexity index is 416. The lowest BCUT2D eigenvalue weighted by molar-refractivity contribution is 0.128. The highest BCUT2D eigenvalue weighted by atomic mass is 32.2. The molecule has 2 unspecified atom stereocenters. The molecule has 1 aromatic carbocycles. The van der Waals surface area contributed by atoms with Crippen molar-refractivity contribution >= 4 is 10.8 Å². The van der Waals surface area contributed by atoms with E-state index in [2.05, 4.69) is 0 Å². The molecule has 1 aliphatic heterocycles. The Morgan fingerprint density at radius 1 is 1.35 bits per heavy atom. The van der Waals surface area contributed by atoms with Gasteiger partial charge in [-0.2, -0.15) is 0 Å². The van der Waals surface area contributed by atoms with E-state index in [1.165, 1.54) is 5.56 Å². The third-order valence-corrected chi connectivity index (χ3v) is 4.70. The molecular formula is C15H23NO3S. The fourth-order valence-electron chi connectivity index (χ4n) is 2.24. The molecule has 112 valence electrons. The predicted molar refractivity (Wildman–Crippen MR) is 81.5 cm³/mol. The van der Waals surface area contributed by atoms with Crippen molar-refractivity contribution in [2.24, 2.45) is 5.73 Å². The zero-order valence-electron chi connectivity index (χ0n) is 11.8. The Morgan fingerprint density at radius 3 is 2.80 bits per heavy atom. The molecule has 2 atom stereocenters. The first-order valence-electron chi connectivity index (χ1n) is 7.16. The highest BCUT2D eigenvalue weighted by molar-refractivity contribution is 7.85. The van der Waals surface area contributed by atoms with E-state index in [1.54, 1.807) is 0 Å². The fourth-order valence-corrected chi connectivity index (χ4v) is 3.35. The highest BCUT2D eigenvalue weighted by Crippen LogP contribution is 2.14. The zero-order valence-corrected chi connectivity index (χ0v) is 12.6. The van der Waals surface area contributed by atoms with Crippen LogP contribution in [0.4, 0.5) is 0 Å². The molecule has 0 amide bonds. The second kappa shape index (κ2) is 8.39. The third-order valence-electron chi connectivity index (χ3n) is 3.33. The van der Waals surface area contributed by atoms with E-state index < -0.39 is 10.8 Å². The number of ether oxygens (including phenoxy) is 2. The van der Waals surface area contributed by atoms with Gasteiger partial charge in [0.25, 0.3) is 0 Å². The minimum Gasteiger partial charge on any atom is -0.493 e. The van der Waals surface area contributed by atoms with Crippen molar-refractivity contribution in [2.45, 2.75) is 25.4 Å².